The van der Waals surface area contributed by atoms with E-state index in [9.17, 15) is 9.59 Å². The van der Waals surface area contributed by atoms with Crippen LogP contribution in [-0.4, -0.2) is 28.9 Å². The highest BCUT2D eigenvalue weighted by Gasteiger charge is 2.32. The van der Waals surface area contributed by atoms with E-state index in [1.165, 1.54) is 6.20 Å². The van der Waals surface area contributed by atoms with Gasteiger partial charge in [-0.3, -0.25) is 14.6 Å². The SMILES string of the molecule is CCNC(=O)c1cc(NC(=O)[C@H]2CC[C@H](C(C)(C)N)CC2)ccn1. The number of carbonyl (C=O) groups is 2. The minimum Gasteiger partial charge on any atom is -0.351 e. The van der Waals surface area contributed by atoms with Gasteiger partial charge in [-0.05, 0) is 64.5 Å². The monoisotopic (exact) mass is 332 g/mol. The molecule has 0 radical (unpaired) electrons. The summed E-state index contributed by atoms with van der Waals surface area (Å²) in [5.41, 5.74) is 6.91. The van der Waals surface area contributed by atoms with Gasteiger partial charge in [-0.25, -0.2) is 0 Å². The van der Waals surface area contributed by atoms with Crippen molar-refractivity contribution in [3.63, 3.8) is 0 Å². The summed E-state index contributed by atoms with van der Waals surface area (Å²) in [4.78, 5) is 28.3. The lowest BCUT2D eigenvalue weighted by atomic mass is 9.73. The number of nitrogens with one attached hydrogen (secondary N) is 2. The van der Waals surface area contributed by atoms with Gasteiger partial charge in [0.05, 0.1) is 0 Å². The number of pyridine rings is 1. The molecule has 0 saturated heterocycles. The van der Waals surface area contributed by atoms with E-state index in [0.717, 1.165) is 25.7 Å². The van der Waals surface area contributed by atoms with Gasteiger partial charge in [0.15, 0.2) is 0 Å². The van der Waals surface area contributed by atoms with Crippen LogP contribution in [0.15, 0.2) is 18.3 Å². The highest BCUT2D eigenvalue weighted by molar-refractivity contribution is 5.96. The van der Waals surface area contributed by atoms with Crippen molar-refractivity contribution in [2.45, 2.75) is 52.0 Å². The summed E-state index contributed by atoms with van der Waals surface area (Å²) in [5.74, 6) is 0.243. The lowest BCUT2D eigenvalue weighted by Gasteiger charge is -2.36. The van der Waals surface area contributed by atoms with Gasteiger partial charge in [-0.1, -0.05) is 0 Å². The molecule has 1 heterocycles. The van der Waals surface area contributed by atoms with Gasteiger partial charge < -0.3 is 16.4 Å². The second-order valence-corrected chi connectivity index (χ2v) is 7.15. The molecule has 1 aliphatic rings. The van der Waals surface area contributed by atoms with Gasteiger partial charge in [-0.15, -0.1) is 0 Å². The van der Waals surface area contributed by atoms with Crippen LogP contribution >= 0.6 is 0 Å². The van der Waals surface area contributed by atoms with Crippen LogP contribution in [0.2, 0.25) is 0 Å². The third-order valence-corrected chi connectivity index (χ3v) is 4.75. The Labute approximate surface area is 143 Å². The first-order valence-electron chi connectivity index (χ1n) is 8.65. The van der Waals surface area contributed by atoms with Gasteiger partial charge in [0.25, 0.3) is 5.91 Å². The predicted octanol–water partition coefficient (Wildman–Crippen LogP) is 2.31. The molecule has 1 saturated carbocycles. The molecule has 6 heteroatoms. The van der Waals surface area contributed by atoms with Gasteiger partial charge in [0.2, 0.25) is 5.91 Å². The summed E-state index contributed by atoms with van der Waals surface area (Å²) in [6.07, 6.45) is 5.19. The van der Waals surface area contributed by atoms with Crippen LogP contribution in [0, 0.1) is 11.8 Å². The lowest BCUT2D eigenvalue weighted by Crippen LogP contribution is -2.43. The molecule has 1 aliphatic carbocycles. The summed E-state index contributed by atoms with van der Waals surface area (Å²) in [6, 6.07) is 3.31. The minimum absolute atomic E-state index is 0.00434. The van der Waals surface area contributed by atoms with E-state index in [0.29, 0.717) is 23.8 Å². The third-order valence-electron chi connectivity index (χ3n) is 4.75. The van der Waals surface area contributed by atoms with Gasteiger partial charge in [0.1, 0.15) is 5.69 Å². The second-order valence-electron chi connectivity index (χ2n) is 7.15. The molecule has 132 valence electrons. The Morgan fingerprint density at radius 1 is 1.29 bits per heavy atom. The maximum absolute atomic E-state index is 12.5. The highest BCUT2D eigenvalue weighted by Crippen LogP contribution is 2.34. The molecule has 24 heavy (non-hydrogen) atoms. The molecule has 0 unspecified atom stereocenters. The van der Waals surface area contributed by atoms with Crippen molar-refractivity contribution in [2.75, 3.05) is 11.9 Å². The van der Waals surface area contributed by atoms with E-state index < -0.39 is 0 Å². The fourth-order valence-corrected chi connectivity index (χ4v) is 3.23. The van der Waals surface area contributed by atoms with Crippen molar-refractivity contribution in [3.05, 3.63) is 24.0 Å². The first-order valence-corrected chi connectivity index (χ1v) is 8.65. The van der Waals surface area contributed by atoms with Crippen molar-refractivity contribution in [3.8, 4) is 0 Å². The molecule has 0 aliphatic heterocycles. The van der Waals surface area contributed by atoms with Crippen molar-refractivity contribution >= 4 is 17.5 Å². The largest absolute Gasteiger partial charge is 0.351 e. The molecule has 2 rings (SSSR count). The van der Waals surface area contributed by atoms with E-state index in [1.807, 2.05) is 6.92 Å². The number of hydrogen-bond acceptors (Lipinski definition) is 4. The van der Waals surface area contributed by atoms with Crippen LogP contribution in [0.3, 0.4) is 0 Å². The van der Waals surface area contributed by atoms with Crippen LogP contribution < -0.4 is 16.4 Å². The standard InChI is InChI=1S/C18H28N4O2/c1-4-20-17(24)15-11-14(9-10-21-15)22-16(23)12-5-7-13(8-6-12)18(2,3)19/h9-13H,4-8,19H2,1-3H3,(H,20,24)(H,21,22,23)/t12-,13-. The van der Waals surface area contributed by atoms with Gasteiger partial charge >= 0.3 is 0 Å². The summed E-state index contributed by atoms with van der Waals surface area (Å²) < 4.78 is 0. The normalized spacial score (nSPS) is 21.2. The zero-order valence-corrected chi connectivity index (χ0v) is 14.8. The fourth-order valence-electron chi connectivity index (χ4n) is 3.23. The maximum atomic E-state index is 12.5. The van der Waals surface area contributed by atoms with Crippen molar-refractivity contribution in [2.24, 2.45) is 17.6 Å². The van der Waals surface area contributed by atoms with Crippen LogP contribution in [-0.2, 0) is 4.79 Å². The molecule has 4 N–H and O–H groups in total. The quantitative estimate of drug-likeness (QED) is 0.771. The van der Waals surface area contributed by atoms with E-state index in [1.54, 1.807) is 12.1 Å². The van der Waals surface area contributed by atoms with Crippen LogP contribution in [0.5, 0.6) is 0 Å². The molecule has 0 atom stereocenters. The second kappa shape index (κ2) is 7.75. The van der Waals surface area contributed by atoms with E-state index in [-0.39, 0.29) is 23.3 Å². The van der Waals surface area contributed by atoms with Crippen LogP contribution in [0.4, 0.5) is 5.69 Å². The summed E-state index contributed by atoms with van der Waals surface area (Å²) in [7, 11) is 0. The molecular weight excluding hydrogens is 304 g/mol. The number of nitrogens with two attached hydrogens (primary N) is 1. The maximum Gasteiger partial charge on any atom is 0.269 e. The Kier molecular flexibility index (Phi) is 5.94. The van der Waals surface area contributed by atoms with E-state index >= 15 is 0 Å². The number of rotatable bonds is 5. The summed E-state index contributed by atoms with van der Waals surface area (Å²) in [6.45, 7) is 6.50. The number of nitrogens with zero attached hydrogens (tertiary/aromatic N) is 1. The zero-order chi connectivity index (χ0) is 17.7. The van der Waals surface area contributed by atoms with Crippen LogP contribution in [0.25, 0.3) is 0 Å². The predicted molar refractivity (Wildman–Crippen MR) is 94.6 cm³/mol. The molecule has 0 bridgehead atoms. The first kappa shape index (κ1) is 18.4. The molecule has 6 nitrogen and oxygen atoms in total. The number of hydrogen-bond donors (Lipinski definition) is 3. The fraction of sp³-hybridized carbons (Fsp3) is 0.611. The number of carbonyl (C=O) groups excluding carboxylic acids is 2. The molecule has 0 aromatic carbocycles. The molecule has 1 fully saturated rings. The minimum atomic E-state index is -0.237. The lowest BCUT2D eigenvalue weighted by molar-refractivity contribution is -0.121. The Morgan fingerprint density at radius 3 is 2.54 bits per heavy atom. The molecular formula is C18H28N4O2. The molecule has 1 aromatic heterocycles. The van der Waals surface area contributed by atoms with E-state index in [4.69, 9.17) is 5.73 Å². The highest BCUT2D eigenvalue weighted by atomic mass is 16.2. The number of aromatic nitrogens is 1. The summed E-state index contributed by atoms with van der Waals surface area (Å²) >= 11 is 0. The van der Waals surface area contributed by atoms with Gasteiger partial charge in [-0.2, -0.15) is 0 Å². The van der Waals surface area contributed by atoms with Crippen molar-refractivity contribution < 1.29 is 9.59 Å². The molecule has 2 amide bonds. The molecule has 0 spiro atoms. The number of amides is 2. The summed E-state index contributed by atoms with van der Waals surface area (Å²) in [5, 5.41) is 5.61. The third kappa shape index (κ3) is 4.77. The Hall–Kier alpha value is -1.95. The topological polar surface area (TPSA) is 97.1 Å². The molecule has 1 aromatic rings. The van der Waals surface area contributed by atoms with Crippen LogP contribution in [0.1, 0.15) is 56.9 Å². The Morgan fingerprint density at radius 2 is 1.96 bits per heavy atom. The van der Waals surface area contributed by atoms with E-state index in [2.05, 4.69) is 29.5 Å². The Balaban J connectivity index is 1.94. The zero-order valence-electron chi connectivity index (χ0n) is 14.8. The van der Waals surface area contributed by atoms with Crippen molar-refractivity contribution in [1.82, 2.24) is 10.3 Å². The average molecular weight is 332 g/mol. The number of anilines is 1. The van der Waals surface area contributed by atoms with Gasteiger partial charge in [0, 0.05) is 29.9 Å². The smallest absolute Gasteiger partial charge is 0.269 e. The first-order chi connectivity index (χ1) is 11.3. The van der Waals surface area contributed by atoms with Crippen molar-refractivity contribution in [1.29, 1.82) is 0 Å². The average Bonchev–Trinajstić information content (AvgIpc) is 2.54. The Bertz CT molecular complexity index is 587.